The van der Waals surface area contributed by atoms with Gasteiger partial charge in [0.1, 0.15) is 18.3 Å². The van der Waals surface area contributed by atoms with Crippen LogP contribution in [0.25, 0.3) is 0 Å². The summed E-state index contributed by atoms with van der Waals surface area (Å²) in [6.07, 6.45) is 2.86. The highest BCUT2D eigenvalue weighted by molar-refractivity contribution is 5.87. The molecule has 33 heavy (non-hydrogen) atoms. The smallest absolute Gasteiger partial charge is 0.333 e. The molecule has 4 aliphatic rings. The van der Waals surface area contributed by atoms with Crippen molar-refractivity contribution in [2.75, 3.05) is 13.2 Å². The summed E-state index contributed by atoms with van der Waals surface area (Å²) < 4.78 is 17.4. The zero-order valence-electron chi connectivity index (χ0n) is 20.5. The highest BCUT2D eigenvalue weighted by atomic mass is 16.7. The van der Waals surface area contributed by atoms with Crippen LogP contribution in [0.15, 0.2) is 23.3 Å². The van der Waals surface area contributed by atoms with E-state index in [-0.39, 0.29) is 10.8 Å². The van der Waals surface area contributed by atoms with E-state index >= 15 is 0 Å². The second-order valence-corrected chi connectivity index (χ2v) is 10.9. The number of aliphatic hydroxyl groups is 3. The summed E-state index contributed by atoms with van der Waals surface area (Å²) in [5.74, 6) is 1.24. The van der Waals surface area contributed by atoms with Crippen LogP contribution in [0.5, 0.6) is 0 Å². The third-order valence-corrected chi connectivity index (χ3v) is 9.47. The molecule has 0 aromatic heterocycles. The van der Waals surface area contributed by atoms with E-state index in [4.69, 9.17) is 14.2 Å². The Balaban J connectivity index is 1.51. The van der Waals surface area contributed by atoms with Crippen LogP contribution in [0.4, 0.5) is 0 Å². The predicted octanol–water partition coefficient (Wildman–Crippen LogP) is 2.73. The lowest BCUT2D eigenvalue weighted by atomic mass is 9.61. The summed E-state index contributed by atoms with van der Waals surface area (Å²) >= 11 is 0. The minimum Gasteiger partial charge on any atom is -0.451 e. The van der Waals surface area contributed by atoms with Crippen LogP contribution in [0.3, 0.4) is 0 Å². The number of allylic oxidation sites excluding steroid dienone is 2. The van der Waals surface area contributed by atoms with Gasteiger partial charge >= 0.3 is 5.97 Å². The van der Waals surface area contributed by atoms with Crippen molar-refractivity contribution < 1.29 is 34.3 Å². The Morgan fingerprint density at radius 3 is 2.64 bits per heavy atom. The van der Waals surface area contributed by atoms with Gasteiger partial charge in [0, 0.05) is 5.57 Å². The summed E-state index contributed by atoms with van der Waals surface area (Å²) in [5, 5.41) is 30.6. The number of carbonyl (C=O) groups excluding carboxylic acids is 1. The summed E-state index contributed by atoms with van der Waals surface area (Å²) in [6.45, 7) is 10.2. The van der Waals surface area contributed by atoms with E-state index in [1.165, 1.54) is 31.3 Å². The molecular weight excluding hydrogens is 424 g/mol. The van der Waals surface area contributed by atoms with Crippen LogP contribution in [0.1, 0.15) is 60.3 Å². The van der Waals surface area contributed by atoms with E-state index in [2.05, 4.69) is 26.8 Å². The second kappa shape index (κ2) is 9.08. The van der Waals surface area contributed by atoms with Crippen LogP contribution < -0.4 is 0 Å². The van der Waals surface area contributed by atoms with Gasteiger partial charge in [-0.25, -0.2) is 4.79 Å². The molecule has 1 heterocycles. The Bertz CT molecular complexity index is 821. The molecule has 0 bridgehead atoms. The lowest BCUT2D eigenvalue weighted by Crippen LogP contribution is -2.60. The van der Waals surface area contributed by atoms with Gasteiger partial charge in [0.25, 0.3) is 0 Å². The van der Waals surface area contributed by atoms with Crippen molar-refractivity contribution >= 4 is 5.97 Å². The molecule has 2 saturated carbocycles. The van der Waals surface area contributed by atoms with Crippen LogP contribution >= 0.6 is 0 Å². The van der Waals surface area contributed by atoms with E-state index in [0.717, 1.165) is 11.8 Å². The molecule has 3 aliphatic carbocycles. The monoisotopic (exact) mass is 464 g/mol. The minimum atomic E-state index is -1.43. The van der Waals surface area contributed by atoms with Gasteiger partial charge in [0.2, 0.25) is 0 Å². The molecule has 7 heteroatoms. The quantitative estimate of drug-likeness (QED) is 0.315. The third kappa shape index (κ3) is 3.80. The van der Waals surface area contributed by atoms with Gasteiger partial charge in [-0.1, -0.05) is 32.9 Å². The van der Waals surface area contributed by atoms with Crippen LogP contribution in [-0.2, 0) is 19.0 Å². The normalized spacial score (nSPS) is 47.3. The van der Waals surface area contributed by atoms with E-state index in [9.17, 15) is 20.1 Å². The first-order valence-electron chi connectivity index (χ1n) is 12.4. The molecule has 186 valence electrons. The van der Waals surface area contributed by atoms with Gasteiger partial charge in [-0.2, -0.15) is 0 Å². The van der Waals surface area contributed by atoms with Crippen molar-refractivity contribution in [1.82, 2.24) is 0 Å². The zero-order valence-corrected chi connectivity index (χ0v) is 20.5. The number of ether oxygens (including phenoxy) is 3. The molecule has 7 nitrogen and oxygen atoms in total. The third-order valence-electron chi connectivity index (χ3n) is 9.47. The first kappa shape index (κ1) is 24.9. The van der Waals surface area contributed by atoms with Crippen molar-refractivity contribution in [3.63, 3.8) is 0 Å². The van der Waals surface area contributed by atoms with Crippen LogP contribution in [-0.4, -0.2) is 65.2 Å². The van der Waals surface area contributed by atoms with Crippen molar-refractivity contribution in [2.24, 2.45) is 28.6 Å². The lowest BCUT2D eigenvalue weighted by Gasteiger charge is -2.43. The first-order chi connectivity index (χ1) is 15.6. The zero-order chi connectivity index (χ0) is 24.1. The van der Waals surface area contributed by atoms with E-state index < -0.39 is 43.3 Å². The Morgan fingerprint density at radius 1 is 1.24 bits per heavy atom. The fraction of sp³-hybridized carbons (Fsp3) is 0.808. The maximum atomic E-state index is 12.4. The number of hydrogen-bond acceptors (Lipinski definition) is 7. The molecule has 10 atom stereocenters. The van der Waals surface area contributed by atoms with E-state index in [0.29, 0.717) is 18.1 Å². The van der Waals surface area contributed by atoms with E-state index in [1.54, 1.807) is 19.9 Å². The molecule has 3 N–H and O–H groups in total. The van der Waals surface area contributed by atoms with Crippen molar-refractivity contribution in [3.8, 4) is 0 Å². The van der Waals surface area contributed by atoms with E-state index in [1.807, 2.05) is 0 Å². The maximum Gasteiger partial charge on any atom is 0.333 e. The van der Waals surface area contributed by atoms with Gasteiger partial charge in [0.15, 0.2) is 12.4 Å². The molecule has 3 fully saturated rings. The number of esters is 1. The molecule has 0 radical (unpaired) electrons. The largest absolute Gasteiger partial charge is 0.451 e. The Labute approximate surface area is 196 Å². The Hall–Kier alpha value is -1.25. The van der Waals surface area contributed by atoms with Crippen LogP contribution in [0, 0.1) is 28.6 Å². The fourth-order valence-corrected chi connectivity index (χ4v) is 7.40. The average Bonchev–Trinajstić information content (AvgIpc) is 3.36. The molecule has 1 saturated heterocycles. The summed E-state index contributed by atoms with van der Waals surface area (Å²) in [6, 6.07) is 0. The minimum absolute atomic E-state index is 0.159. The van der Waals surface area contributed by atoms with Gasteiger partial charge in [0.05, 0.1) is 13.2 Å². The van der Waals surface area contributed by atoms with Crippen molar-refractivity contribution in [3.05, 3.63) is 23.3 Å². The highest BCUT2D eigenvalue weighted by Gasteiger charge is 2.65. The van der Waals surface area contributed by atoms with Crippen molar-refractivity contribution in [2.45, 2.75) is 91.0 Å². The molecule has 1 aliphatic heterocycles. The molecule has 0 amide bonds. The highest BCUT2D eigenvalue weighted by Crippen LogP contribution is 2.73. The molecule has 4 rings (SSSR count). The molecule has 10 unspecified atom stereocenters. The Kier molecular flexibility index (Phi) is 6.84. The standard InChI is InChI=1S/C26H40O7/c1-6-14(2)23(30)33-22-21(29)20(28)19(12-27)32-24(22)31-13-17-11-25(5)9-8-18-15(3)7-10-26(18,25)16(17)4/h6,11,15-16,18-22,24,27-29H,7-10,12-13H2,1-5H3. The van der Waals surface area contributed by atoms with Gasteiger partial charge in [-0.15, -0.1) is 0 Å². The van der Waals surface area contributed by atoms with Gasteiger partial charge < -0.3 is 29.5 Å². The Morgan fingerprint density at radius 2 is 1.97 bits per heavy atom. The lowest BCUT2D eigenvalue weighted by molar-refractivity contribution is -0.301. The molecular formula is C26H40O7. The SMILES string of the molecule is CC=C(C)C(=O)OC1C(OCC2=CC3(C)CCC4C(C)CCC43C2C)OC(CO)C(O)C1O. The molecule has 0 aromatic rings. The summed E-state index contributed by atoms with van der Waals surface area (Å²) in [5.41, 5.74) is 2.03. The number of hydrogen-bond donors (Lipinski definition) is 3. The van der Waals surface area contributed by atoms with Crippen molar-refractivity contribution in [1.29, 1.82) is 0 Å². The summed E-state index contributed by atoms with van der Waals surface area (Å²) in [4.78, 5) is 12.4. The van der Waals surface area contributed by atoms with Gasteiger partial charge in [-0.05, 0) is 73.7 Å². The first-order valence-corrected chi connectivity index (χ1v) is 12.4. The fourth-order valence-electron chi connectivity index (χ4n) is 7.40. The topological polar surface area (TPSA) is 105 Å². The number of rotatable bonds is 6. The summed E-state index contributed by atoms with van der Waals surface area (Å²) in [7, 11) is 0. The molecule has 0 aromatic carbocycles. The maximum absolute atomic E-state index is 12.4. The van der Waals surface area contributed by atoms with Gasteiger partial charge in [-0.3, -0.25) is 0 Å². The second-order valence-electron chi connectivity index (χ2n) is 10.9. The average molecular weight is 465 g/mol. The number of aliphatic hydroxyl groups excluding tert-OH is 3. The predicted molar refractivity (Wildman–Crippen MR) is 122 cm³/mol. The van der Waals surface area contributed by atoms with Crippen LogP contribution in [0.2, 0.25) is 0 Å². The molecule has 1 spiro atoms. The number of carbonyl (C=O) groups is 1.